The van der Waals surface area contributed by atoms with Crippen LogP contribution in [0.25, 0.3) is 0 Å². The van der Waals surface area contributed by atoms with Crippen LogP contribution >= 0.6 is 11.6 Å². The molecule has 0 saturated heterocycles. The van der Waals surface area contributed by atoms with Crippen LogP contribution in [-0.2, 0) is 9.59 Å². The largest absolute Gasteiger partial charge is 0.497 e. The fraction of sp³-hybridized carbons (Fsp3) is 0.231. The van der Waals surface area contributed by atoms with Crippen molar-refractivity contribution < 1.29 is 19.1 Å². The Bertz CT molecular complexity index is 1060. The molecule has 3 rings (SSSR count). The quantitative estimate of drug-likeness (QED) is 0.455. The lowest BCUT2D eigenvalue weighted by molar-refractivity contribution is -0.123. The summed E-state index contributed by atoms with van der Waals surface area (Å²) < 4.78 is 10.5. The van der Waals surface area contributed by atoms with Gasteiger partial charge in [0.05, 0.1) is 44.1 Å². The standard InChI is InChI=1S/C26H28ClN3O4/c1-30(16-24(31)28-23-7-5-4-6-22(23)27)17-25(32)29-26(18-8-12-20(33-2)13-9-18)19-10-14-21(34-3)15-11-19/h4-15,26H,16-17H2,1-3H3,(H,28,31)(H,29,32). The highest BCUT2D eigenvalue weighted by Crippen LogP contribution is 2.26. The number of para-hydroxylation sites is 1. The second-order valence-electron chi connectivity index (χ2n) is 7.75. The number of hydrogen-bond acceptors (Lipinski definition) is 5. The highest BCUT2D eigenvalue weighted by molar-refractivity contribution is 6.33. The van der Waals surface area contributed by atoms with Crippen LogP contribution in [-0.4, -0.2) is 51.1 Å². The zero-order valence-electron chi connectivity index (χ0n) is 19.4. The van der Waals surface area contributed by atoms with Crippen molar-refractivity contribution in [2.24, 2.45) is 0 Å². The molecule has 0 atom stereocenters. The number of carbonyl (C=O) groups excluding carboxylic acids is 2. The van der Waals surface area contributed by atoms with Crippen LogP contribution in [0.15, 0.2) is 72.8 Å². The van der Waals surface area contributed by atoms with E-state index >= 15 is 0 Å². The van der Waals surface area contributed by atoms with E-state index in [0.717, 1.165) is 22.6 Å². The maximum atomic E-state index is 12.9. The Kier molecular flexibility index (Phi) is 8.90. The third kappa shape index (κ3) is 6.97. The lowest BCUT2D eigenvalue weighted by Crippen LogP contribution is -2.40. The van der Waals surface area contributed by atoms with Gasteiger partial charge in [0.2, 0.25) is 11.8 Å². The molecule has 0 radical (unpaired) electrons. The topological polar surface area (TPSA) is 79.9 Å². The summed E-state index contributed by atoms with van der Waals surface area (Å²) in [5, 5.41) is 6.29. The van der Waals surface area contributed by atoms with E-state index in [2.05, 4.69) is 10.6 Å². The van der Waals surface area contributed by atoms with Crippen molar-refractivity contribution in [2.75, 3.05) is 39.7 Å². The number of halogens is 1. The molecule has 7 nitrogen and oxygen atoms in total. The minimum absolute atomic E-state index is 0.0361. The van der Waals surface area contributed by atoms with Gasteiger partial charge >= 0.3 is 0 Å². The first-order chi connectivity index (χ1) is 16.4. The predicted molar refractivity (Wildman–Crippen MR) is 134 cm³/mol. The minimum atomic E-state index is -0.380. The van der Waals surface area contributed by atoms with Crippen molar-refractivity contribution in [1.82, 2.24) is 10.2 Å². The number of anilines is 1. The second kappa shape index (κ2) is 12.1. The van der Waals surface area contributed by atoms with E-state index in [9.17, 15) is 9.59 Å². The first kappa shape index (κ1) is 25.1. The second-order valence-corrected chi connectivity index (χ2v) is 8.15. The van der Waals surface area contributed by atoms with Crippen LogP contribution in [0.4, 0.5) is 5.69 Å². The molecule has 0 spiro atoms. The average Bonchev–Trinajstić information content (AvgIpc) is 2.84. The van der Waals surface area contributed by atoms with Crippen LogP contribution < -0.4 is 20.1 Å². The van der Waals surface area contributed by atoms with E-state index in [1.807, 2.05) is 48.5 Å². The van der Waals surface area contributed by atoms with Crippen LogP contribution in [0.5, 0.6) is 11.5 Å². The Hall–Kier alpha value is -3.55. The number of nitrogens with zero attached hydrogens (tertiary/aromatic N) is 1. The van der Waals surface area contributed by atoms with Gasteiger partial charge in [-0.3, -0.25) is 14.5 Å². The zero-order chi connectivity index (χ0) is 24.5. The Morgan fingerprint density at radius 2 is 1.32 bits per heavy atom. The van der Waals surface area contributed by atoms with Gasteiger partial charge in [0.15, 0.2) is 0 Å². The minimum Gasteiger partial charge on any atom is -0.497 e. The molecule has 0 aliphatic heterocycles. The Morgan fingerprint density at radius 3 is 1.82 bits per heavy atom. The summed E-state index contributed by atoms with van der Waals surface area (Å²) in [6.45, 7) is 0.0765. The van der Waals surface area contributed by atoms with E-state index in [0.29, 0.717) is 10.7 Å². The summed E-state index contributed by atoms with van der Waals surface area (Å²) in [4.78, 5) is 26.9. The molecule has 0 unspecified atom stereocenters. The molecule has 0 aromatic heterocycles. The van der Waals surface area contributed by atoms with Crippen LogP contribution in [0.2, 0.25) is 5.02 Å². The molecule has 0 bridgehead atoms. The van der Waals surface area contributed by atoms with E-state index in [1.54, 1.807) is 50.4 Å². The van der Waals surface area contributed by atoms with Crippen molar-refractivity contribution in [3.63, 3.8) is 0 Å². The van der Waals surface area contributed by atoms with Gasteiger partial charge in [-0.1, -0.05) is 48.0 Å². The van der Waals surface area contributed by atoms with Crippen molar-refractivity contribution in [3.8, 4) is 11.5 Å². The fourth-order valence-corrected chi connectivity index (χ4v) is 3.64. The van der Waals surface area contributed by atoms with E-state index in [4.69, 9.17) is 21.1 Å². The van der Waals surface area contributed by atoms with Crippen LogP contribution in [0, 0.1) is 0 Å². The van der Waals surface area contributed by atoms with E-state index in [1.165, 1.54) is 0 Å². The highest BCUT2D eigenvalue weighted by atomic mass is 35.5. The molecule has 178 valence electrons. The van der Waals surface area contributed by atoms with Crippen molar-refractivity contribution >= 4 is 29.1 Å². The number of hydrogen-bond donors (Lipinski definition) is 2. The molecular formula is C26H28ClN3O4. The summed E-state index contributed by atoms with van der Waals surface area (Å²) in [5.41, 5.74) is 2.34. The first-order valence-corrected chi connectivity index (χ1v) is 11.1. The van der Waals surface area contributed by atoms with Gasteiger partial charge in [-0.25, -0.2) is 0 Å². The van der Waals surface area contributed by atoms with Gasteiger partial charge in [0.25, 0.3) is 0 Å². The fourth-order valence-electron chi connectivity index (χ4n) is 3.46. The predicted octanol–water partition coefficient (Wildman–Crippen LogP) is 4.13. The molecule has 3 aromatic rings. The smallest absolute Gasteiger partial charge is 0.238 e. The van der Waals surface area contributed by atoms with Crippen molar-refractivity contribution in [3.05, 3.63) is 88.9 Å². The van der Waals surface area contributed by atoms with Gasteiger partial charge in [0, 0.05) is 0 Å². The summed E-state index contributed by atoms with van der Waals surface area (Å²) in [5.74, 6) is 0.982. The molecule has 34 heavy (non-hydrogen) atoms. The number of benzene rings is 3. The molecule has 3 aromatic carbocycles. The first-order valence-electron chi connectivity index (χ1n) is 10.7. The lowest BCUT2D eigenvalue weighted by Gasteiger charge is -2.22. The molecule has 0 aliphatic carbocycles. The molecule has 0 aliphatic rings. The number of ether oxygens (including phenoxy) is 2. The number of likely N-dealkylation sites (N-methyl/N-ethyl adjacent to an activating group) is 1. The maximum Gasteiger partial charge on any atom is 0.238 e. The summed E-state index contributed by atoms with van der Waals surface area (Å²) in [7, 11) is 4.92. The molecule has 0 heterocycles. The molecule has 8 heteroatoms. The third-order valence-corrected chi connectivity index (χ3v) is 5.51. The SMILES string of the molecule is COc1ccc(C(NC(=O)CN(C)CC(=O)Nc2ccccc2Cl)c2ccc(OC)cc2)cc1. The Labute approximate surface area is 204 Å². The number of rotatable bonds is 10. The van der Waals surface area contributed by atoms with Gasteiger partial charge < -0.3 is 20.1 Å². The molecule has 2 N–H and O–H groups in total. The van der Waals surface area contributed by atoms with Crippen LogP contribution in [0.1, 0.15) is 17.2 Å². The number of carbonyl (C=O) groups is 2. The maximum absolute atomic E-state index is 12.9. The molecule has 0 fully saturated rings. The summed E-state index contributed by atoms with van der Waals surface area (Å²) in [6.07, 6.45) is 0. The normalized spacial score (nSPS) is 10.8. The average molecular weight is 482 g/mol. The molecular weight excluding hydrogens is 454 g/mol. The van der Waals surface area contributed by atoms with Gasteiger partial charge in [-0.15, -0.1) is 0 Å². The third-order valence-electron chi connectivity index (χ3n) is 5.18. The zero-order valence-corrected chi connectivity index (χ0v) is 20.1. The number of amides is 2. The van der Waals surface area contributed by atoms with Crippen LogP contribution in [0.3, 0.4) is 0 Å². The monoisotopic (exact) mass is 481 g/mol. The highest BCUT2D eigenvalue weighted by Gasteiger charge is 2.19. The Balaban J connectivity index is 1.66. The summed E-state index contributed by atoms with van der Waals surface area (Å²) >= 11 is 6.09. The van der Waals surface area contributed by atoms with E-state index in [-0.39, 0.29) is 30.9 Å². The number of methoxy groups -OCH3 is 2. The van der Waals surface area contributed by atoms with Gasteiger partial charge in [-0.2, -0.15) is 0 Å². The van der Waals surface area contributed by atoms with Gasteiger partial charge in [-0.05, 0) is 54.6 Å². The number of nitrogens with one attached hydrogen (secondary N) is 2. The van der Waals surface area contributed by atoms with E-state index < -0.39 is 0 Å². The van der Waals surface area contributed by atoms with Gasteiger partial charge in [0.1, 0.15) is 11.5 Å². The Morgan fingerprint density at radius 1 is 0.824 bits per heavy atom. The molecule has 0 saturated carbocycles. The molecule has 2 amide bonds. The lowest BCUT2D eigenvalue weighted by atomic mass is 9.98. The van der Waals surface area contributed by atoms with Crippen molar-refractivity contribution in [2.45, 2.75) is 6.04 Å². The summed E-state index contributed by atoms with van der Waals surface area (Å²) in [6, 6.07) is 21.7. The van der Waals surface area contributed by atoms with Crippen molar-refractivity contribution in [1.29, 1.82) is 0 Å².